The molecular formula is C74H126O6. The lowest BCUT2D eigenvalue weighted by molar-refractivity contribution is -0.166. The lowest BCUT2D eigenvalue weighted by Crippen LogP contribution is -2.30. The molecule has 0 heterocycles. The highest BCUT2D eigenvalue weighted by atomic mass is 16.6. The number of allylic oxidation sites excluding steroid dienone is 18. The fourth-order valence-electron chi connectivity index (χ4n) is 9.55. The Morgan fingerprint density at radius 2 is 0.512 bits per heavy atom. The van der Waals surface area contributed by atoms with Crippen molar-refractivity contribution in [1.29, 1.82) is 0 Å². The number of carbonyl (C=O) groups is 3. The monoisotopic (exact) mass is 1110 g/mol. The highest BCUT2D eigenvalue weighted by Crippen LogP contribution is 2.17. The minimum Gasteiger partial charge on any atom is -0.462 e. The maximum atomic E-state index is 12.9. The third-order valence-electron chi connectivity index (χ3n) is 14.5. The summed E-state index contributed by atoms with van der Waals surface area (Å²) >= 11 is 0. The number of hydrogen-bond acceptors (Lipinski definition) is 6. The van der Waals surface area contributed by atoms with E-state index in [0.29, 0.717) is 19.3 Å². The summed E-state index contributed by atoms with van der Waals surface area (Å²) in [6.45, 7) is 6.38. The fourth-order valence-corrected chi connectivity index (χ4v) is 9.55. The van der Waals surface area contributed by atoms with Crippen molar-refractivity contribution in [1.82, 2.24) is 0 Å². The first-order valence-corrected chi connectivity index (χ1v) is 33.9. The molecule has 0 aromatic rings. The van der Waals surface area contributed by atoms with Gasteiger partial charge in [0.2, 0.25) is 0 Å². The predicted octanol–water partition coefficient (Wildman–Crippen LogP) is 23.4. The summed E-state index contributed by atoms with van der Waals surface area (Å²) in [5.41, 5.74) is 0. The summed E-state index contributed by atoms with van der Waals surface area (Å²) in [5.74, 6) is -0.969. The van der Waals surface area contributed by atoms with Gasteiger partial charge in [-0.05, 0) is 89.9 Å². The average molecular weight is 1110 g/mol. The van der Waals surface area contributed by atoms with Crippen molar-refractivity contribution in [2.24, 2.45) is 0 Å². The lowest BCUT2D eigenvalue weighted by atomic mass is 10.0. The molecule has 0 aliphatic heterocycles. The van der Waals surface area contributed by atoms with Crippen LogP contribution in [0, 0.1) is 0 Å². The lowest BCUT2D eigenvalue weighted by Gasteiger charge is -2.18. The number of hydrogen-bond donors (Lipinski definition) is 0. The van der Waals surface area contributed by atoms with Crippen LogP contribution < -0.4 is 0 Å². The van der Waals surface area contributed by atoms with Crippen molar-refractivity contribution < 1.29 is 28.6 Å². The molecule has 0 saturated carbocycles. The van der Waals surface area contributed by atoms with Gasteiger partial charge in [-0.1, -0.05) is 323 Å². The Balaban J connectivity index is 4.24. The Hall–Kier alpha value is -3.93. The normalized spacial score (nSPS) is 12.8. The van der Waals surface area contributed by atoms with E-state index in [1.165, 1.54) is 180 Å². The van der Waals surface area contributed by atoms with Crippen LogP contribution in [0.15, 0.2) is 109 Å². The first-order chi connectivity index (χ1) is 39.5. The van der Waals surface area contributed by atoms with E-state index in [2.05, 4.69) is 124 Å². The van der Waals surface area contributed by atoms with E-state index in [4.69, 9.17) is 14.2 Å². The number of esters is 3. The molecule has 0 N–H and O–H groups in total. The summed E-state index contributed by atoms with van der Waals surface area (Å²) in [7, 11) is 0. The van der Waals surface area contributed by atoms with Crippen LogP contribution >= 0.6 is 0 Å². The highest BCUT2D eigenvalue weighted by Gasteiger charge is 2.19. The van der Waals surface area contributed by atoms with Gasteiger partial charge in [0.1, 0.15) is 13.2 Å². The molecule has 1 unspecified atom stereocenters. The van der Waals surface area contributed by atoms with E-state index >= 15 is 0 Å². The molecule has 0 saturated heterocycles. The zero-order valence-corrected chi connectivity index (χ0v) is 52.6. The number of unbranched alkanes of at least 4 members (excludes halogenated alkanes) is 32. The van der Waals surface area contributed by atoms with Gasteiger partial charge < -0.3 is 14.2 Å². The molecule has 1 atom stereocenters. The molecule has 0 amide bonds. The Morgan fingerprint density at radius 3 is 0.838 bits per heavy atom. The van der Waals surface area contributed by atoms with Crippen LogP contribution in [0.3, 0.4) is 0 Å². The number of rotatable bonds is 61. The predicted molar refractivity (Wildman–Crippen MR) is 348 cm³/mol. The van der Waals surface area contributed by atoms with Gasteiger partial charge in [-0.2, -0.15) is 0 Å². The van der Waals surface area contributed by atoms with Crippen molar-refractivity contribution >= 4 is 17.9 Å². The number of ether oxygens (including phenoxy) is 3. The fraction of sp³-hybridized carbons (Fsp3) is 0.716. The minimum atomic E-state index is -0.806. The van der Waals surface area contributed by atoms with Gasteiger partial charge in [0.05, 0.1) is 0 Å². The molecule has 0 spiro atoms. The molecule has 0 aromatic heterocycles. The Bertz CT molecular complexity index is 1610. The van der Waals surface area contributed by atoms with Crippen molar-refractivity contribution in [3.8, 4) is 0 Å². The second-order valence-corrected chi connectivity index (χ2v) is 22.3. The number of carbonyl (C=O) groups excluding carboxylic acids is 3. The molecule has 6 nitrogen and oxygen atoms in total. The molecule has 0 fully saturated rings. The zero-order valence-electron chi connectivity index (χ0n) is 52.6. The Morgan fingerprint density at radius 1 is 0.263 bits per heavy atom. The molecule has 0 aliphatic carbocycles. The van der Waals surface area contributed by atoms with Gasteiger partial charge in [0.25, 0.3) is 0 Å². The molecular weight excluding hydrogens is 985 g/mol. The summed E-state index contributed by atoms with van der Waals surface area (Å²) in [6.07, 6.45) is 92.8. The molecule has 80 heavy (non-hydrogen) atoms. The molecule has 458 valence electrons. The van der Waals surface area contributed by atoms with Gasteiger partial charge in [-0.15, -0.1) is 0 Å². The highest BCUT2D eigenvalue weighted by molar-refractivity contribution is 5.71. The smallest absolute Gasteiger partial charge is 0.306 e. The molecule has 0 aliphatic rings. The van der Waals surface area contributed by atoms with E-state index in [-0.39, 0.29) is 37.5 Å². The standard InChI is InChI=1S/C74H126O6/c1-4-7-10-13-16-19-22-25-27-29-31-32-33-34-35-36-37-38-39-40-41-42-43-45-46-49-52-55-58-61-64-67-73(76)79-70-71(69-78-72(75)66-63-60-57-54-51-48-24-21-18-15-12-9-6-3)80-74(77)68-65-62-59-56-53-50-47-44-30-28-26-23-20-17-14-11-8-5-2/h7,9-10,12,16,18-19,21,25,27,31-32,34-35,48,51,57,60,71H,4-6,8,11,13-15,17,20,22-24,26,28-30,33,36-47,49-50,52-56,58-59,61-70H2,1-3H3/b10-7-,12-9-,19-16-,21-18-,27-25-,32-31-,35-34-,51-48-,60-57-. The first kappa shape index (κ1) is 76.1. The van der Waals surface area contributed by atoms with Crippen molar-refractivity contribution in [3.05, 3.63) is 109 Å². The third kappa shape index (κ3) is 64.9. The molecule has 0 radical (unpaired) electrons. The Kier molecular flexibility index (Phi) is 64.3. The van der Waals surface area contributed by atoms with Crippen LogP contribution in [0.5, 0.6) is 0 Å². The van der Waals surface area contributed by atoms with Crippen molar-refractivity contribution in [2.75, 3.05) is 13.2 Å². The van der Waals surface area contributed by atoms with Gasteiger partial charge in [0, 0.05) is 19.3 Å². The summed E-state index contributed by atoms with van der Waals surface area (Å²) in [4.78, 5) is 38.3. The van der Waals surface area contributed by atoms with Gasteiger partial charge >= 0.3 is 17.9 Å². The molecule has 6 heteroatoms. The van der Waals surface area contributed by atoms with E-state index in [9.17, 15) is 14.4 Å². The van der Waals surface area contributed by atoms with Crippen molar-refractivity contribution in [2.45, 2.75) is 329 Å². The van der Waals surface area contributed by atoms with Crippen LogP contribution in [0.2, 0.25) is 0 Å². The largest absolute Gasteiger partial charge is 0.462 e. The van der Waals surface area contributed by atoms with Crippen LogP contribution in [-0.2, 0) is 28.6 Å². The summed E-state index contributed by atoms with van der Waals surface area (Å²) < 4.78 is 16.9. The second kappa shape index (κ2) is 67.6. The van der Waals surface area contributed by atoms with Crippen molar-refractivity contribution in [3.63, 3.8) is 0 Å². The molecule has 0 aromatic carbocycles. The SMILES string of the molecule is CC/C=C\C/C=C\C/C=C\C/C=C\C/C=C\CCCCCCCCCCCCCCCCCC(=O)OCC(COC(=O)CC/C=C\C/C=C\C/C=C\C/C=C\CC)OC(=O)CCCCCCCCCCCCCCCCCCCC. The second-order valence-electron chi connectivity index (χ2n) is 22.3. The average Bonchev–Trinajstić information content (AvgIpc) is 3.46. The van der Waals surface area contributed by atoms with Gasteiger partial charge in [0.15, 0.2) is 6.10 Å². The van der Waals surface area contributed by atoms with Crippen LogP contribution in [0.4, 0.5) is 0 Å². The Labute approximate surface area is 495 Å². The van der Waals surface area contributed by atoms with E-state index < -0.39 is 6.10 Å². The van der Waals surface area contributed by atoms with Gasteiger partial charge in [-0.25, -0.2) is 0 Å². The summed E-state index contributed by atoms with van der Waals surface area (Å²) in [6, 6.07) is 0. The van der Waals surface area contributed by atoms with Crippen LogP contribution in [0.25, 0.3) is 0 Å². The quantitative estimate of drug-likeness (QED) is 0.0261. The minimum absolute atomic E-state index is 0.0970. The maximum absolute atomic E-state index is 12.9. The molecule has 0 rings (SSSR count). The van der Waals surface area contributed by atoms with E-state index in [1.54, 1.807) is 0 Å². The molecule has 0 bridgehead atoms. The van der Waals surface area contributed by atoms with E-state index in [1.807, 2.05) is 6.08 Å². The van der Waals surface area contributed by atoms with E-state index in [0.717, 1.165) is 96.3 Å². The summed E-state index contributed by atoms with van der Waals surface area (Å²) in [5, 5.41) is 0. The third-order valence-corrected chi connectivity index (χ3v) is 14.5. The zero-order chi connectivity index (χ0) is 57.8. The maximum Gasteiger partial charge on any atom is 0.306 e. The first-order valence-electron chi connectivity index (χ1n) is 33.9. The van der Waals surface area contributed by atoms with Crippen LogP contribution in [0.1, 0.15) is 323 Å². The van der Waals surface area contributed by atoms with Gasteiger partial charge in [-0.3, -0.25) is 14.4 Å². The van der Waals surface area contributed by atoms with Crippen LogP contribution in [-0.4, -0.2) is 37.2 Å². The topological polar surface area (TPSA) is 78.9 Å².